The van der Waals surface area contributed by atoms with Crippen LogP contribution in [0.2, 0.25) is 0 Å². The molecule has 0 radical (unpaired) electrons. The van der Waals surface area contributed by atoms with Crippen molar-refractivity contribution in [1.29, 1.82) is 0 Å². The van der Waals surface area contributed by atoms with E-state index in [4.69, 9.17) is 9.40 Å². The Morgan fingerprint density at radius 3 is 2.75 bits per heavy atom. The zero-order valence-electron chi connectivity index (χ0n) is 9.96. The summed E-state index contributed by atoms with van der Waals surface area (Å²) in [6.07, 6.45) is 6.14. The summed E-state index contributed by atoms with van der Waals surface area (Å²) >= 11 is 0. The van der Waals surface area contributed by atoms with Gasteiger partial charge in [-0.15, -0.1) is 0 Å². The topological polar surface area (TPSA) is 38.1 Å². The quantitative estimate of drug-likeness (QED) is 0.850. The largest absolute Gasteiger partial charge is 0.445 e. The van der Waals surface area contributed by atoms with E-state index in [2.05, 4.69) is 12.2 Å². The molecule has 1 saturated heterocycles. The normalized spacial score (nSPS) is 25.9. The SMILES string of the molecule is CCc1oc(C2CCNC2)nc1C1CCC1. The van der Waals surface area contributed by atoms with Crippen molar-refractivity contribution in [3.05, 3.63) is 17.3 Å². The Hall–Kier alpha value is -0.830. The van der Waals surface area contributed by atoms with E-state index in [-0.39, 0.29) is 0 Å². The lowest BCUT2D eigenvalue weighted by atomic mass is 9.82. The molecule has 1 unspecified atom stereocenters. The molecule has 1 N–H and O–H groups in total. The number of hydrogen-bond donors (Lipinski definition) is 1. The van der Waals surface area contributed by atoms with E-state index >= 15 is 0 Å². The molecule has 3 nitrogen and oxygen atoms in total. The van der Waals surface area contributed by atoms with Crippen molar-refractivity contribution in [1.82, 2.24) is 10.3 Å². The highest BCUT2D eigenvalue weighted by atomic mass is 16.4. The van der Waals surface area contributed by atoms with E-state index in [9.17, 15) is 0 Å². The third-order valence-corrected chi connectivity index (χ3v) is 3.97. The fraction of sp³-hybridized carbons (Fsp3) is 0.769. The van der Waals surface area contributed by atoms with Crippen LogP contribution in [0.25, 0.3) is 0 Å². The molecule has 1 aliphatic heterocycles. The number of nitrogens with one attached hydrogen (secondary N) is 1. The molecule has 2 fully saturated rings. The van der Waals surface area contributed by atoms with Gasteiger partial charge in [0.05, 0.1) is 5.69 Å². The third kappa shape index (κ3) is 1.67. The van der Waals surface area contributed by atoms with Gasteiger partial charge in [0.25, 0.3) is 0 Å². The van der Waals surface area contributed by atoms with Gasteiger partial charge in [0, 0.05) is 24.8 Å². The van der Waals surface area contributed by atoms with E-state index in [0.29, 0.717) is 11.8 Å². The Balaban J connectivity index is 1.85. The molecule has 3 heteroatoms. The molecule has 1 aliphatic carbocycles. The second-order valence-electron chi connectivity index (χ2n) is 5.03. The molecule has 0 bridgehead atoms. The zero-order chi connectivity index (χ0) is 11.0. The number of aryl methyl sites for hydroxylation is 1. The molecular formula is C13H20N2O. The second kappa shape index (κ2) is 4.21. The maximum atomic E-state index is 5.95. The van der Waals surface area contributed by atoms with Crippen molar-refractivity contribution < 1.29 is 4.42 Å². The lowest BCUT2D eigenvalue weighted by Crippen LogP contribution is -2.11. The van der Waals surface area contributed by atoms with Gasteiger partial charge >= 0.3 is 0 Å². The summed E-state index contributed by atoms with van der Waals surface area (Å²) < 4.78 is 5.95. The molecule has 2 aliphatic rings. The van der Waals surface area contributed by atoms with Gasteiger partial charge in [-0.05, 0) is 25.8 Å². The Morgan fingerprint density at radius 2 is 2.19 bits per heavy atom. The lowest BCUT2D eigenvalue weighted by molar-refractivity contribution is 0.399. The van der Waals surface area contributed by atoms with Crippen molar-refractivity contribution in [2.45, 2.75) is 50.9 Å². The van der Waals surface area contributed by atoms with Crippen LogP contribution in [-0.4, -0.2) is 18.1 Å². The molecule has 3 rings (SSSR count). The number of rotatable bonds is 3. The molecule has 0 amide bonds. The summed E-state index contributed by atoms with van der Waals surface area (Å²) in [6.45, 7) is 4.31. The van der Waals surface area contributed by atoms with Gasteiger partial charge in [-0.25, -0.2) is 4.98 Å². The van der Waals surface area contributed by atoms with E-state index in [0.717, 1.165) is 31.2 Å². The van der Waals surface area contributed by atoms with Gasteiger partial charge in [0.15, 0.2) is 5.89 Å². The highest BCUT2D eigenvalue weighted by Crippen LogP contribution is 2.39. The molecule has 88 valence electrons. The molecule has 0 spiro atoms. The Kier molecular flexibility index (Phi) is 2.72. The molecule has 0 aromatic carbocycles. The number of nitrogens with zero attached hydrogens (tertiary/aromatic N) is 1. The summed E-state index contributed by atoms with van der Waals surface area (Å²) in [6, 6.07) is 0. The fourth-order valence-electron chi connectivity index (χ4n) is 2.68. The van der Waals surface area contributed by atoms with E-state index in [1.807, 2.05) is 0 Å². The molecule has 1 aromatic heterocycles. The van der Waals surface area contributed by atoms with Crippen LogP contribution in [0.1, 0.15) is 61.8 Å². The predicted octanol–water partition coefficient (Wildman–Crippen LogP) is 2.58. The average Bonchev–Trinajstić information content (AvgIpc) is 2.81. The van der Waals surface area contributed by atoms with Crippen molar-refractivity contribution >= 4 is 0 Å². The maximum absolute atomic E-state index is 5.95. The summed E-state index contributed by atoms with van der Waals surface area (Å²) in [5, 5.41) is 3.37. The van der Waals surface area contributed by atoms with Gasteiger partial charge in [0.1, 0.15) is 5.76 Å². The molecular weight excluding hydrogens is 200 g/mol. The Labute approximate surface area is 96.6 Å². The van der Waals surface area contributed by atoms with Gasteiger partial charge in [-0.3, -0.25) is 0 Å². The highest BCUT2D eigenvalue weighted by Gasteiger charge is 2.29. The smallest absolute Gasteiger partial charge is 0.199 e. The predicted molar refractivity (Wildman–Crippen MR) is 62.7 cm³/mol. The van der Waals surface area contributed by atoms with E-state index in [1.54, 1.807) is 0 Å². The summed E-state index contributed by atoms with van der Waals surface area (Å²) in [7, 11) is 0. The van der Waals surface area contributed by atoms with Crippen LogP contribution in [0, 0.1) is 0 Å². The molecule has 1 aromatic rings. The van der Waals surface area contributed by atoms with E-state index in [1.165, 1.54) is 31.4 Å². The first-order valence-electron chi connectivity index (χ1n) is 6.58. The standard InChI is InChI=1S/C13H20N2O/c1-2-11-12(9-4-3-5-9)15-13(16-11)10-6-7-14-8-10/h9-10,14H,2-8H2,1H3. The van der Waals surface area contributed by atoms with Crippen LogP contribution in [0.15, 0.2) is 4.42 Å². The van der Waals surface area contributed by atoms with Crippen LogP contribution in [0.5, 0.6) is 0 Å². The zero-order valence-corrected chi connectivity index (χ0v) is 9.96. The first-order chi connectivity index (χ1) is 7.88. The minimum absolute atomic E-state index is 0.513. The van der Waals surface area contributed by atoms with Gasteiger partial charge < -0.3 is 9.73 Å². The molecule has 1 atom stereocenters. The minimum atomic E-state index is 0.513. The number of hydrogen-bond acceptors (Lipinski definition) is 3. The van der Waals surface area contributed by atoms with Gasteiger partial charge in [0.2, 0.25) is 0 Å². The maximum Gasteiger partial charge on any atom is 0.199 e. The average molecular weight is 220 g/mol. The van der Waals surface area contributed by atoms with Crippen molar-refractivity contribution in [2.75, 3.05) is 13.1 Å². The second-order valence-corrected chi connectivity index (χ2v) is 5.03. The highest BCUT2D eigenvalue weighted by molar-refractivity contribution is 5.19. The Bertz CT molecular complexity index is 362. The van der Waals surface area contributed by atoms with Crippen molar-refractivity contribution in [2.24, 2.45) is 0 Å². The summed E-state index contributed by atoms with van der Waals surface area (Å²) in [4.78, 5) is 4.78. The minimum Gasteiger partial charge on any atom is -0.445 e. The fourth-order valence-corrected chi connectivity index (χ4v) is 2.68. The number of aromatic nitrogens is 1. The number of oxazole rings is 1. The molecule has 2 heterocycles. The molecule has 16 heavy (non-hydrogen) atoms. The third-order valence-electron chi connectivity index (χ3n) is 3.97. The van der Waals surface area contributed by atoms with Gasteiger partial charge in [-0.2, -0.15) is 0 Å². The van der Waals surface area contributed by atoms with Crippen molar-refractivity contribution in [3.8, 4) is 0 Å². The summed E-state index contributed by atoms with van der Waals surface area (Å²) in [5.41, 5.74) is 1.27. The first-order valence-corrected chi connectivity index (χ1v) is 6.58. The van der Waals surface area contributed by atoms with Crippen LogP contribution in [0.3, 0.4) is 0 Å². The first kappa shape index (κ1) is 10.3. The Morgan fingerprint density at radius 1 is 1.31 bits per heavy atom. The lowest BCUT2D eigenvalue weighted by Gasteiger charge is -2.23. The van der Waals surface area contributed by atoms with Gasteiger partial charge in [-0.1, -0.05) is 13.3 Å². The van der Waals surface area contributed by atoms with E-state index < -0.39 is 0 Å². The monoisotopic (exact) mass is 220 g/mol. The summed E-state index contributed by atoms with van der Waals surface area (Å²) in [5.74, 6) is 3.34. The van der Waals surface area contributed by atoms with Crippen LogP contribution >= 0.6 is 0 Å². The molecule has 1 saturated carbocycles. The van der Waals surface area contributed by atoms with Crippen LogP contribution in [-0.2, 0) is 6.42 Å². The van der Waals surface area contributed by atoms with Crippen LogP contribution in [0.4, 0.5) is 0 Å². The van der Waals surface area contributed by atoms with Crippen LogP contribution < -0.4 is 5.32 Å². The van der Waals surface area contributed by atoms with Crippen molar-refractivity contribution in [3.63, 3.8) is 0 Å².